The summed E-state index contributed by atoms with van der Waals surface area (Å²) in [5, 5.41) is 57.8. The number of nitrogens with zero attached hydrogens (tertiary/aromatic N) is 2. The predicted octanol–water partition coefficient (Wildman–Crippen LogP) is 0.555. The molecule has 1 heterocycles. The number of carbonyl (C=O) groups excluding carboxylic acids is 3. The van der Waals surface area contributed by atoms with E-state index in [4.69, 9.17) is 33.5 Å². The van der Waals surface area contributed by atoms with Crippen LogP contribution in [0, 0.1) is 11.8 Å². The van der Waals surface area contributed by atoms with Crippen molar-refractivity contribution in [2.24, 2.45) is 17.6 Å². The molecule has 2 fully saturated rings. The fourth-order valence-corrected chi connectivity index (χ4v) is 9.50. The maximum Gasteiger partial charge on any atom is 0.343 e. The molecular weight excluding hydrogens is 682 g/mol. The number of hydrogen-bond donors (Lipinski definition) is 7. The molecule has 47 heavy (non-hydrogen) atoms. The lowest BCUT2D eigenvalue weighted by atomic mass is 9.54. The van der Waals surface area contributed by atoms with Gasteiger partial charge >= 0.3 is 7.67 Å². The molecule has 0 bridgehead atoms. The third kappa shape index (κ3) is 6.46. The summed E-state index contributed by atoms with van der Waals surface area (Å²) < 4.78 is 19.2. The first-order chi connectivity index (χ1) is 21.6. The molecule has 0 radical (unpaired) electrons. The Hall–Kier alpha value is -2.56. The Balaban J connectivity index is 0.000000338. The number of benzene rings is 1. The number of halogens is 2. The molecular formula is C29H41Cl2N4O11P. The van der Waals surface area contributed by atoms with Gasteiger partial charge in [0.2, 0.25) is 5.78 Å². The molecule has 1 aromatic rings. The number of Topliss-reactive ketones (excluding diaryl/α,β-unsaturated/α-hetero) is 2. The molecule has 1 saturated heterocycles. The van der Waals surface area contributed by atoms with Gasteiger partial charge < -0.3 is 41.3 Å². The lowest BCUT2D eigenvalue weighted by Gasteiger charge is -2.53. The molecule has 18 heteroatoms. The van der Waals surface area contributed by atoms with E-state index in [2.05, 4.69) is 5.09 Å². The first kappa shape index (κ1) is 38.9. The van der Waals surface area contributed by atoms with Crippen LogP contribution < -0.4 is 10.8 Å². The average molecular weight is 724 g/mol. The minimum atomic E-state index is -2.89. The van der Waals surface area contributed by atoms with Gasteiger partial charge in [-0.3, -0.25) is 23.8 Å². The molecule has 10 N–H and O–H groups in total. The topological polar surface area (TPSA) is 255 Å². The molecule has 1 saturated carbocycles. The normalized spacial score (nSPS) is 31.8. The number of carbonyl (C=O) groups is 3. The zero-order valence-corrected chi connectivity index (χ0v) is 28.4. The van der Waals surface area contributed by atoms with E-state index in [9.17, 15) is 44.5 Å². The first-order valence-corrected chi connectivity index (χ1v) is 17.3. The van der Waals surface area contributed by atoms with E-state index < -0.39 is 83.3 Å². The van der Waals surface area contributed by atoms with Crippen LogP contribution in [-0.4, -0.2) is 128 Å². The molecule has 0 aromatic heterocycles. The number of nitrogens with two attached hydrogens (primary N) is 1. The lowest BCUT2D eigenvalue weighted by Crippen LogP contribution is -2.70. The first-order valence-electron chi connectivity index (χ1n) is 14.6. The highest BCUT2D eigenvalue weighted by molar-refractivity contribution is 7.54. The van der Waals surface area contributed by atoms with Crippen LogP contribution >= 0.6 is 30.9 Å². The smallest absolute Gasteiger partial charge is 0.343 e. The van der Waals surface area contributed by atoms with Crippen molar-refractivity contribution in [2.45, 2.75) is 37.0 Å². The summed E-state index contributed by atoms with van der Waals surface area (Å²) in [7, 11) is 0.0777. The molecule has 5 rings (SSSR count). The van der Waals surface area contributed by atoms with Gasteiger partial charge in [-0.25, -0.2) is 9.76 Å². The lowest BCUT2D eigenvalue weighted by molar-refractivity contribution is -0.169. The standard InChI is InChI=1S/C22H24N2O8.C7H15Cl2N2O2P.H2O/c1-7-8-5-4-6-9(25)11(8)16(26)12-10(7)17(27)14-15(24(2)3)18(28)13(21(23)31)20(30)22(14,32)19(12)29;8-2-5-11(6-3-9)14(12)10-4-1-7-13-14;/h4-7,10,14-15,17,25-27,30,32H,1-3H3,(H2,23,31);1-7H2,(H,10,12);1H2/t7-,10+,14+,15-,17-,22-;;/m0../s1. The van der Waals surface area contributed by atoms with Crippen LogP contribution in [0.2, 0.25) is 0 Å². The second kappa shape index (κ2) is 14.9. The number of aliphatic hydroxyl groups is 4. The van der Waals surface area contributed by atoms with Crippen molar-refractivity contribution < 1.29 is 54.5 Å². The third-order valence-corrected chi connectivity index (χ3v) is 11.6. The number of aliphatic hydroxyl groups excluding tert-OH is 3. The number of primary amides is 1. The maximum atomic E-state index is 13.7. The maximum absolute atomic E-state index is 13.7. The number of phenols is 1. The Morgan fingerprint density at radius 1 is 1.17 bits per heavy atom. The van der Waals surface area contributed by atoms with Gasteiger partial charge in [0.15, 0.2) is 11.4 Å². The van der Waals surface area contributed by atoms with Crippen molar-refractivity contribution in [2.75, 3.05) is 52.1 Å². The molecule has 4 aliphatic rings. The molecule has 7 atom stereocenters. The summed E-state index contributed by atoms with van der Waals surface area (Å²) in [6, 6.07) is 3.13. The number of phenolic OH excluding ortho intramolecular Hbond substituents is 1. The van der Waals surface area contributed by atoms with Crippen molar-refractivity contribution in [1.82, 2.24) is 14.7 Å². The van der Waals surface area contributed by atoms with E-state index in [1.165, 1.54) is 25.1 Å². The third-order valence-electron chi connectivity index (χ3n) is 8.95. The molecule has 1 aliphatic heterocycles. The van der Waals surface area contributed by atoms with E-state index >= 15 is 0 Å². The van der Waals surface area contributed by atoms with Crippen LogP contribution in [0.4, 0.5) is 0 Å². The second-order valence-electron chi connectivity index (χ2n) is 11.7. The van der Waals surface area contributed by atoms with Crippen LogP contribution in [0.3, 0.4) is 0 Å². The van der Waals surface area contributed by atoms with Gasteiger partial charge in [0.25, 0.3) is 5.91 Å². The summed E-state index contributed by atoms with van der Waals surface area (Å²) in [4.78, 5) is 40.0. The number of likely N-dealkylation sites (N-methyl/N-ethyl adjacent to an activating group) is 1. The Kier molecular flexibility index (Phi) is 12.3. The van der Waals surface area contributed by atoms with Crippen LogP contribution in [0.25, 0.3) is 5.76 Å². The monoisotopic (exact) mass is 722 g/mol. The molecule has 3 aliphatic carbocycles. The number of amides is 1. The van der Waals surface area contributed by atoms with Crippen LogP contribution in [0.5, 0.6) is 5.75 Å². The largest absolute Gasteiger partial charge is 0.508 e. The Morgan fingerprint density at radius 3 is 2.30 bits per heavy atom. The van der Waals surface area contributed by atoms with Crippen LogP contribution in [-0.2, 0) is 23.5 Å². The number of aromatic hydroxyl groups is 1. The van der Waals surface area contributed by atoms with E-state index in [1.807, 2.05) is 0 Å². The average Bonchev–Trinajstić information content (AvgIpc) is 2.99. The minimum absolute atomic E-state index is 0. The summed E-state index contributed by atoms with van der Waals surface area (Å²) in [6.07, 6.45) is -0.701. The van der Waals surface area contributed by atoms with Crippen LogP contribution in [0.1, 0.15) is 30.4 Å². The number of fused-ring (bicyclic) bond motifs is 3. The summed E-state index contributed by atoms with van der Waals surface area (Å²) >= 11 is 11.2. The van der Waals surface area contributed by atoms with E-state index in [-0.39, 0.29) is 16.8 Å². The van der Waals surface area contributed by atoms with Crippen molar-refractivity contribution in [1.29, 1.82) is 0 Å². The van der Waals surface area contributed by atoms with Crippen LogP contribution in [0.15, 0.2) is 35.1 Å². The highest BCUT2D eigenvalue weighted by Crippen LogP contribution is 2.56. The predicted molar refractivity (Wildman–Crippen MR) is 173 cm³/mol. The number of hydrogen-bond acceptors (Lipinski definition) is 11. The Morgan fingerprint density at radius 2 is 1.79 bits per heavy atom. The second-order valence-corrected chi connectivity index (χ2v) is 14.7. The van der Waals surface area contributed by atoms with E-state index in [0.717, 1.165) is 13.0 Å². The highest BCUT2D eigenvalue weighted by Gasteiger charge is 2.68. The number of alkyl halides is 2. The Bertz CT molecular complexity index is 1510. The number of nitrogens with one attached hydrogen (secondary N) is 1. The van der Waals surface area contributed by atoms with E-state index in [0.29, 0.717) is 37.0 Å². The molecule has 262 valence electrons. The molecule has 1 amide bonds. The fraction of sp³-hybridized carbons (Fsp3) is 0.552. The highest BCUT2D eigenvalue weighted by atomic mass is 35.5. The van der Waals surface area contributed by atoms with Gasteiger partial charge in [0.05, 0.1) is 30.2 Å². The van der Waals surface area contributed by atoms with Crippen molar-refractivity contribution in [3.8, 4) is 5.75 Å². The van der Waals surface area contributed by atoms with Gasteiger partial charge in [0, 0.05) is 42.9 Å². The zero-order valence-electron chi connectivity index (χ0n) is 26.0. The SMILES string of the molecule is C[C@H]1c2cccc(O)c2C(O)=C2C(=O)[C@]3(O)C(O)=C(C(N)=O)C(=O)[C@@H](N(C)C)[C@@H]3[C@@H](O)[C@@H]21.O.O=P1(N(CCCl)CCCl)NCCCO1. The summed E-state index contributed by atoms with van der Waals surface area (Å²) in [5.74, 6) is -8.02. The fourth-order valence-electron chi connectivity index (χ4n) is 6.85. The molecule has 0 spiro atoms. The number of rotatable bonds is 7. The van der Waals surface area contributed by atoms with Crippen molar-refractivity contribution >= 4 is 54.1 Å². The van der Waals surface area contributed by atoms with Crippen molar-refractivity contribution in [3.63, 3.8) is 0 Å². The molecule has 1 unspecified atom stereocenters. The van der Waals surface area contributed by atoms with Gasteiger partial charge in [-0.1, -0.05) is 19.1 Å². The van der Waals surface area contributed by atoms with Crippen molar-refractivity contribution in [3.05, 3.63) is 46.2 Å². The van der Waals surface area contributed by atoms with Gasteiger partial charge in [-0.2, -0.15) is 0 Å². The van der Waals surface area contributed by atoms with Gasteiger partial charge in [-0.15, -0.1) is 23.2 Å². The van der Waals surface area contributed by atoms with E-state index in [1.54, 1.807) is 23.7 Å². The quantitative estimate of drug-likeness (QED) is 0.115. The van der Waals surface area contributed by atoms with Gasteiger partial charge in [-0.05, 0) is 38.1 Å². The minimum Gasteiger partial charge on any atom is -0.508 e. The summed E-state index contributed by atoms with van der Waals surface area (Å²) in [5.41, 5.74) is 1.47. The Labute approximate surface area is 281 Å². The van der Waals surface area contributed by atoms with Gasteiger partial charge in [0.1, 0.15) is 22.8 Å². The molecule has 15 nitrogen and oxygen atoms in total. The summed E-state index contributed by atoms with van der Waals surface area (Å²) in [6.45, 7) is 3.98. The molecule has 1 aromatic carbocycles. The number of ketones is 2. The zero-order chi connectivity index (χ0) is 34.3.